The molecule has 0 radical (unpaired) electrons. The van der Waals surface area contributed by atoms with Gasteiger partial charge in [0.05, 0.1) is 17.7 Å². The number of thiazole rings is 1. The van der Waals surface area contributed by atoms with Crippen LogP contribution in [0, 0.1) is 32.5 Å². The zero-order chi connectivity index (χ0) is 33.6. The van der Waals surface area contributed by atoms with Gasteiger partial charge in [0.25, 0.3) is 5.91 Å². The molecule has 0 unspecified atom stereocenters. The van der Waals surface area contributed by atoms with Crippen LogP contribution in [-0.4, -0.2) is 77.1 Å². The number of carbonyl (C=O) groups is 3. The summed E-state index contributed by atoms with van der Waals surface area (Å²) in [6.07, 6.45) is 1.59. The van der Waals surface area contributed by atoms with Crippen LogP contribution < -0.4 is 10.2 Å². The van der Waals surface area contributed by atoms with Gasteiger partial charge in [-0.25, -0.2) is 23.4 Å². The van der Waals surface area contributed by atoms with Crippen molar-refractivity contribution in [2.75, 3.05) is 37.7 Å². The number of benzene rings is 2. The predicted octanol–water partition coefficient (Wildman–Crippen LogP) is 4.89. The molecule has 0 spiro atoms. The molecule has 3 atom stereocenters. The van der Waals surface area contributed by atoms with Crippen LogP contribution in [-0.2, 0) is 14.3 Å². The number of aromatic nitrogens is 1. The second kappa shape index (κ2) is 12.6. The van der Waals surface area contributed by atoms with Gasteiger partial charge in [-0.2, -0.15) is 0 Å². The van der Waals surface area contributed by atoms with E-state index in [1.807, 2.05) is 4.90 Å². The molecule has 2 saturated heterocycles. The van der Waals surface area contributed by atoms with E-state index in [2.05, 4.69) is 10.3 Å². The van der Waals surface area contributed by atoms with Crippen LogP contribution in [0.1, 0.15) is 57.0 Å². The maximum absolute atomic E-state index is 16.5. The van der Waals surface area contributed by atoms with Gasteiger partial charge in [0.1, 0.15) is 11.9 Å². The van der Waals surface area contributed by atoms with Gasteiger partial charge in [0.15, 0.2) is 16.5 Å². The normalized spacial score (nSPS) is 23.0. The molecular formula is C34H35F2N5O5S. The van der Waals surface area contributed by atoms with E-state index in [-0.39, 0.29) is 50.3 Å². The van der Waals surface area contributed by atoms with Gasteiger partial charge < -0.3 is 20.1 Å². The average molecular weight is 664 g/mol. The molecule has 246 valence electrons. The van der Waals surface area contributed by atoms with E-state index in [0.717, 1.165) is 0 Å². The lowest BCUT2D eigenvalue weighted by Gasteiger charge is -2.38. The highest BCUT2D eigenvalue weighted by Gasteiger charge is 2.57. The van der Waals surface area contributed by atoms with Gasteiger partial charge in [0, 0.05) is 61.5 Å². The van der Waals surface area contributed by atoms with Gasteiger partial charge in [-0.05, 0) is 68.1 Å². The summed E-state index contributed by atoms with van der Waals surface area (Å²) in [6, 6.07) is 6.92. The number of halogens is 2. The molecule has 2 fully saturated rings. The Labute approximate surface area is 274 Å². The van der Waals surface area contributed by atoms with Crippen molar-refractivity contribution in [1.29, 1.82) is 0 Å². The molecule has 0 aliphatic carbocycles. The fourth-order valence-electron chi connectivity index (χ4n) is 6.75. The largest absolute Gasteiger partial charge is 0.478 e. The summed E-state index contributed by atoms with van der Waals surface area (Å²) in [7, 11) is 0. The summed E-state index contributed by atoms with van der Waals surface area (Å²) >= 11 is 1.36. The number of amides is 1. The lowest BCUT2D eigenvalue weighted by Crippen LogP contribution is -2.52. The minimum absolute atomic E-state index is 0.0554. The summed E-state index contributed by atoms with van der Waals surface area (Å²) in [4.78, 5) is 51.4. The number of nitrogens with zero attached hydrogens (tertiary/aromatic N) is 4. The minimum Gasteiger partial charge on any atom is -0.478 e. The van der Waals surface area contributed by atoms with Gasteiger partial charge in [-0.1, -0.05) is 12.1 Å². The number of esters is 1. The lowest BCUT2D eigenvalue weighted by molar-refractivity contribution is -0.139. The molecule has 3 aliphatic heterocycles. The molecule has 3 aliphatic rings. The number of ether oxygens (including phenoxy) is 1. The number of amidine groups is 1. The summed E-state index contributed by atoms with van der Waals surface area (Å²) in [5.74, 6) is -2.97. The van der Waals surface area contributed by atoms with Crippen molar-refractivity contribution in [3.05, 3.63) is 91.8 Å². The van der Waals surface area contributed by atoms with E-state index < -0.39 is 41.3 Å². The number of anilines is 1. The predicted molar refractivity (Wildman–Crippen MR) is 173 cm³/mol. The molecule has 1 amide bonds. The number of hydrogen-bond donors (Lipinski definition) is 2. The van der Waals surface area contributed by atoms with E-state index in [4.69, 9.17) is 9.73 Å². The molecule has 3 aromatic rings. The summed E-state index contributed by atoms with van der Waals surface area (Å²) < 4.78 is 36.8. The number of carboxylic acids is 1. The van der Waals surface area contributed by atoms with E-state index in [0.29, 0.717) is 44.5 Å². The monoisotopic (exact) mass is 663 g/mol. The number of nitrogens with one attached hydrogen (secondary N) is 1. The number of hydrogen-bond acceptors (Lipinski definition) is 9. The van der Waals surface area contributed by atoms with Crippen molar-refractivity contribution in [3.8, 4) is 0 Å². The Morgan fingerprint density at radius 2 is 1.98 bits per heavy atom. The van der Waals surface area contributed by atoms with E-state index in [1.54, 1.807) is 57.5 Å². The first-order valence-electron chi connectivity index (χ1n) is 15.4. The van der Waals surface area contributed by atoms with Crippen LogP contribution in [0.3, 0.4) is 0 Å². The molecule has 0 bridgehead atoms. The first-order valence-corrected chi connectivity index (χ1v) is 16.3. The molecule has 0 saturated carbocycles. The second-order valence-electron chi connectivity index (χ2n) is 12.1. The van der Waals surface area contributed by atoms with E-state index >= 15 is 4.39 Å². The highest BCUT2D eigenvalue weighted by atomic mass is 32.1. The number of aryl methyl sites for hydroxylation is 2. The Hall–Kier alpha value is -4.49. The standard InChI is InChI=1S/C34H35F2N5O5S/c1-5-46-32(44)27-25(38-29(30-37-10-12-47-30)39-28(27)22-7-6-8-24(35)20(22)4)17-40-11-9-34(36)21(15-40)16-41(33(34)45)26-14-18(2)23(31(42)43)13-19(26)3/h6-8,10,12-14,21,28H,5,9,11,15-17H2,1-4H3,(H,38,39)(H,42,43)/t21-,28-,34+/m0/s1. The molecule has 4 heterocycles. The average Bonchev–Trinajstić information content (AvgIpc) is 3.66. The third-order valence-electron chi connectivity index (χ3n) is 9.23. The van der Waals surface area contributed by atoms with Crippen molar-refractivity contribution in [1.82, 2.24) is 15.2 Å². The van der Waals surface area contributed by atoms with Gasteiger partial charge in [-0.3, -0.25) is 14.7 Å². The van der Waals surface area contributed by atoms with Gasteiger partial charge >= 0.3 is 11.9 Å². The Bertz CT molecular complexity index is 1830. The maximum Gasteiger partial charge on any atom is 0.338 e. The van der Waals surface area contributed by atoms with E-state index in [9.17, 15) is 23.9 Å². The van der Waals surface area contributed by atoms with Crippen LogP contribution in [0.4, 0.5) is 14.5 Å². The summed E-state index contributed by atoms with van der Waals surface area (Å²) in [5, 5.41) is 15.2. The highest BCUT2D eigenvalue weighted by Crippen LogP contribution is 2.43. The Kier molecular flexibility index (Phi) is 8.70. The maximum atomic E-state index is 16.5. The summed E-state index contributed by atoms with van der Waals surface area (Å²) in [5.41, 5.74) is 1.18. The number of fused-ring (bicyclic) bond motifs is 1. The number of rotatable bonds is 8. The van der Waals surface area contributed by atoms with Crippen LogP contribution >= 0.6 is 11.3 Å². The summed E-state index contributed by atoms with van der Waals surface area (Å²) in [6.45, 7) is 7.59. The first kappa shape index (κ1) is 32.5. The number of likely N-dealkylation sites (tertiary alicyclic amines) is 1. The Morgan fingerprint density at radius 3 is 2.68 bits per heavy atom. The van der Waals surface area contributed by atoms with Crippen molar-refractivity contribution >= 4 is 40.7 Å². The quantitative estimate of drug-likeness (QED) is 0.327. The van der Waals surface area contributed by atoms with Crippen LogP contribution in [0.15, 0.2) is 58.2 Å². The van der Waals surface area contributed by atoms with Gasteiger partial charge in [0.2, 0.25) is 0 Å². The molecule has 2 N–H and O–H groups in total. The Balaban J connectivity index is 1.33. The number of carbonyl (C=O) groups excluding carboxylic acids is 2. The fraction of sp³-hybridized carbons (Fsp3) is 0.382. The second-order valence-corrected chi connectivity index (χ2v) is 13.0. The van der Waals surface area contributed by atoms with Crippen molar-refractivity contribution in [3.63, 3.8) is 0 Å². The Morgan fingerprint density at radius 1 is 1.19 bits per heavy atom. The highest BCUT2D eigenvalue weighted by molar-refractivity contribution is 7.11. The van der Waals surface area contributed by atoms with Crippen molar-refractivity contribution in [2.24, 2.45) is 10.9 Å². The molecule has 47 heavy (non-hydrogen) atoms. The third kappa shape index (κ3) is 5.82. The lowest BCUT2D eigenvalue weighted by atomic mass is 9.84. The third-order valence-corrected chi connectivity index (χ3v) is 10.0. The molecule has 13 heteroatoms. The minimum atomic E-state index is -2.09. The number of carboxylic acid groups (broad SMARTS) is 1. The molecule has 1 aromatic heterocycles. The van der Waals surface area contributed by atoms with Crippen molar-refractivity contribution < 1.29 is 33.0 Å². The van der Waals surface area contributed by atoms with E-state index in [1.165, 1.54) is 28.4 Å². The zero-order valence-corrected chi connectivity index (χ0v) is 27.3. The number of aliphatic imine (C=N–C) groups is 1. The molecule has 6 rings (SSSR count). The zero-order valence-electron chi connectivity index (χ0n) is 26.5. The van der Waals surface area contributed by atoms with Crippen LogP contribution in [0.25, 0.3) is 0 Å². The SMILES string of the molecule is CCOC(=O)C1=C(CN2CC[C@]3(F)C(=O)N(c4cc(C)c(C(=O)O)cc4C)C[C@@H]3C2)NC(c2nccs2)=N[C@H]1c1cccc(F)c1C. The smallest absolute Gasteiger partial charge is 0.338 e. The van der Waals surface area contributed by atoms with Gasteiger partial charge in [-0.15, -0.1) is 11.3 Å². The van der Waals surface area contributed by atoms with Crippen molar-refractivity contribution in [2.45, 2.75) is 45.8 Å². The number of piperidine rings is 1. The van der Waals surface area contributed by atoms with Crippen LogP contribution in [0.2, 0.25) is 0 Å². The molecule has 10 nitrogen and oxygen atoms in total. The number of aromatic carboxylic acids is 1. The molecule has 2 aromatic carbocycles. The topological polar surface area (TPSA) is 124 Å². The fourth-order valence-corrected chi connectivity index (χ4v) is 7.33. The van der Waals surface area contributed by atoms with Crippen LogP contribution in [0.5, 0.6) is 0 Å². The number of alkyl halides is 1. The first-order chi connectivity index (χ1) is 22.4. The molecular weight excluding hydrogens is 628 g/mol.